The highest BCUT2D eigenvalue weighted by Crippen LogP contribution is 2.14. The van der Waals surface area contributed by atoms with Crippen LogP contribution in [0.5, 0.6) is 11.5 Å². The number of nitrogens with two attached hydrogens (primary N) is 1. The van der Waals surface area contributed by atoms with Crippen LogP contribution in [0.4, 0.5) is 0 Å². The Labute approximate surface area is 126 Å². The minimum atomic E-state index is 0.655. The molecule has 0 heterocycles. The second kappa shape index (κ2) is 8.32. The van der Waals surface area contributed by atoms with Crippen molar-refractivity contribution in [3.8, 4) is 11.5 Å². The minimum Gasteiger partial charge on any atom is -0.493 e. The molecule has 0 amide bonds. The Bertz CT molecular complexity index is 537. The lowest BCUT2D eigenvalue weighted by Crippen LogP contribution is -2.05. The molecule has 0 aromatic heterocycles. The Morgan fingerprint density at radius 3 is 2.29 bits per heavy atom. The first-order valence-corrected chi connectivity index (χ1v) is 7.39. The normalized spacial score (nSPS) is 10.4. The molecule has 3 heteroatoms. The quantitative estimate of drug-likeness (QED) is 0.757. The van der Waals surface area contributed by atoms with Gasteiger partial charge in [0.2, 0.25) is 0 Å². The van der Waals surface area contributed by atoms with Crippen LogP contribution >= 0.6 is 0 Å². The maximum atomic E-state index is 5.69. The Kier molecular flexibility index (Phi) is 6.10. The van der Waals surface area contributed by atoms with Crippen molar-refractivity contribution >= 4 is 0 Å². The van der Waals surface area contributed by atoms with Crippen molar-refractivity contribution in [3.63, 3.8) is 0 Å². The fourth-order valence-electron chi connectivity index (χ4n) is 2.06. The third kappa shape index (κ3) is 5.48. The van der Waals surface area contributed by atoms with Crippen molar-refractivity contribution in [3.05, 3.63) is 59.7 Å². The van der Waals surface area contributed by atoms with Gasteiger partial charge in [-0.1, -0.05) is 24.3 Å². The summed E-state index contributed by atoms with van der Waals surface area (Å²) in [6.45, 7) is 4.05. The van der Waals surface area contributed by atoms with E-state index in [0.29, 0.717) is 19.8 Å². The summed E-state index contributed by atoms with van der Waals surface area (Å²) in [5.41, 5.74) is 7.98. The smallest absolute Gasteiger partial charge is 0.119 e. The van der Waals surface area contributed by atoms with Crippen LogP contribution in [0.3, 0.4) is 0 Å². The van der Waals surface area contributed by atoms with Crippen LogP contribution in [0, 0.1) is 6.92 Å². The zero-order chi connectivity index (χ0) is 14.9. The lowest BCUT2D eigenvalue weighted by molar-refractivity contribution is 0.247. The van der Waals surface area contributed by atoms with Gasteiger partial charge in [0.15, 0.2) is 0 Å². The molecule has 21 heavy (non-hydrogen) atoms. The Balaban J connectivity index is 1.65. The molecule has 112 valence electrons. The topological polar surface area (TPSA) is 44.5 Å². The molecule has 2 aromatic rings. The van der Waals surface area contributed by atoms with Crippen molar-refractivity contribution in [1.29, 1.82) is 0 Å². The molecular weight excluding hydrogens is 262 g/mol. The van der Waals surface area contributed by atoms with E-state index in [2.05, 4.69) is 25.1 Å². The van der Waals surface area contributed by atoms with Gasteiger partial charge in [-0.2, -0.15) is 0 Å². The molecule has 0 atom stereocenters. The summed E-state index contributed by atoms with van der Waals surface area (Å²) in [4.78, 5) is 0. The minimum absolute atomic E-state index is 0.655. The summed E-state index contributed by atoms with van der Waals surface area (Å²) in [6.07, 6.45) is 1.77. The molecule has 0 radical (unpaired) electrons. The van der Waals surface area contributed by atoms with Crippen molar-refractivity contribution < 1.29 is 9.47 Å². The van der Waals surface area contributed by atoms with Gasteiger partial charge in [-0.15, -0.1) is 0 Å². The molecular formula is C18H23NO2. The first-order chi connectivity index (χ1) is 10.3. The molecule has 0 saturated carbocycles. The van der Waals surface area contributed by atoms with Gasteiger partial charge in [0, 0.05) is 6.42 Å². The van der Waals surface area contributed by atoms with Gasteiger partial charge >= 0.3 is 0 Å². The van der Waals surface area contributed by atoms with E-state index in [1.165, 1.54) is 11.1 Å². The second-order valence-corrected chi connectivity index (χ2v) is 5.05. The van der Waals surface area contributed by atoms with Crippen LogP contribution in [0.25, 0.3) is 0 Å². The molecule has 0 aliphatic rings. The maximum absolute atomic E-state index is 5.69. The molecule has 2 aromatic carbocycles. The average Bonchev–Trinajstić information content (AvgIpc) is 2.49. The molecule has 2 rings (SSSR count). The van der Waals surface area contributed by atoms with Gasteiger partial charge < -0.3 is 15.2 Å². The summed E-state index contributed by atoms with van der Waals surface area (Å²) in [5, 5.41) is 0. The third-order valence-corrected chi connectivity index (χ3v) is 3.17. The summed E-state index contributed by atoms with van der Waals surface area (Å²) in [6, 6.07) is 16.2. The van der Waals surface area contributed by atoms with Crippen molar-refractivity contribution in [1.82, 2.24) is 0 Å². The third-order valence-electron chi connectivity index (χ3n) is 3.17. The van der Waals surface area contributed by atoms with Crippen molar-refractivity contribution in [2.45, 2.75) is 19.8 Å². The number of rotatable bonds is 8. The van der Waals surface area contributed by atoms with Crippen LogP contribution in [-0.4, -0.2) is 19.8 Å². The first kappa shape index (κ1) is 15.4. The van der Waals surface area contributed by atoms with Gasteiger partial charge in [-0.3, -0.25) is 0 Å². The van der Waals surface area contributed by atoms with E-state index >= 15 is 0 Å². The number of aryl methyl sites for hydroxylation is 1. The fourth-order valence-corrected chi connectivity index (χ4v) is 2.06. The zero-order valence-electron chi connectivity index (χ0n) is 12.5. The predicted molar refractivity (Wildman–Crippen MR) is 86.0 cm³/mol. The highest BCUT2D eigenvalue weighted by Gasteiger charge is 1.97. The van der Waals surface area contributed by atoms with Crippen LogP contribution in [0.2, 0.25) is 0 Å². The fraction of sp³-hybridized carbons (Fsp3) is 0.333. The number of ether oxygens (including phenoxy) is 2. The van der Waals surface area contributed by atoms with E-state index < -0.39 is 0 Å². The molecule has 0 aliphatic carbocycles. The van der Waals surface area contributed by atoms with E-state index in [9.17, 15) is 0 Å². The highest BCUT2D eigenvalue weighted by molar-refractivity contribution is 5.28. The van der Waals surface area contributed by atoms with E-state index in [1.807, 2.05) is 30.3 Å². The van der Waals surface area contributed by atoms with Crippen molar-refractivity contribution in [2.75, 3.05) is 19.8 Å². The van der Waals surface area contributed by atoms with Crippen LogP contribution in [-0.2, 0) is 6.42 Å². The molecule has 0 bridgehead atoms. The number of benzene rings is 2. The highest BCUT2D eigenvalue weighted by atomic mass is 16.5. The molecule has 0 aliphatic heterocycles. The van der Waals surface area contributed by atoms with Gasteiger partial charge in [0.1, 0.15) is 11.5 Å². The van der Waals surface area contributed by atoms with Gasteiger partial charge in [-0.05, 0) is 55.3 Å². The van der Waals surface area contributed by atoms with Gasteiger partial charge in [0.05, 0.1) is 13.2 Å². The Morgan fingerprint density at radius 1 is 0.905 bits per heavy atom. The lowest BCUT2D eigenvalue weighted by atomic mass is 10.1. The summed E-state index contributed by atoms with van der Waals surface area (Å²) >= 11 is 0. The summed E-state index contributed by atoms with van der Waals surface area (Å²) in [5.74, 6) is 1.81. The largest absolute Gasteiger partial charge is 0.493 e. The van der Waals surface area contributed by atoms with E-state index in [1.54, 1.807) is 0 Å². The number of hydrogen-bond acceptors (Lipinski definition) is 3. The SMILES string of the molecule is Cc1cccc(OCCCOc2ccc(CCN)cc2)c1. The van der Waals surface area contributed by atoms with E-state index in [-0.39, 0.29) is 0 Å². The van der Waals surface area contributed by atoms with E-state index in [4.69, 9.17) is 15.2 Å². The standard InChI is InChI=1S/C18H23NO2/c1-15-4-2-5-18(14-15)21-13-3-12-20-17-8-6-16(7-9-17)10-11-19/h2,4-9,14H,3,10-13,19H2,1H3. The molecule has 0 spiro atoms. The lowest BCUT2D eigenvalue weighted by Gasteiger charge is -2.09. The van der Waals surface area contributed by atoms with Crippen LogP contribution in [0.1, 0.15) is 17.5 Å². The number of hydrogen-bond donors (Lipinski definition) is 1. The summed E-state index contributed by atoms with van der Waals surface area (Å²) < 4.78 is 11.4. The van der Waals surface area contributed by atoms with Gasteiger partial charge in [-0.25, -0.2) is 0 Å². The maximum Gasteiger partial charge on any atom is 0.119 e. The molecule has 0 saturated heterocycles. The molecule has 2 N–H and O–H groups in total. The molecule has 3 nitrogen and oxygen atoms in total. The van der Waals surface area contributed by atoms with Gasteiger partial charge in [0.25, 0.3) is 0 Å². The van der Waals surface area contributed by atoms with Crippen LogP contribution < -0.4 is 15.2 Å². The van der Waals surface area contributed by atoms with Crippen LogP contribution in [0.15, 0.2) is 48.5 Å². The monoisotopic (exact) mass is 285 g/mol. The Morgan fingerprint density at radius 2 is 1.62 bits per heavy atom. The second-order valence-electron chi connectivity index (χ2n) is 5.05. The average molecular weight is 285 g/mol. The zero-order valence-corrected chi connectivity index (χ0v) is 12.5. The first-order valence-electron chi connectivity index (χ1n) is 7.39. The summed E-state index contributed by atoms with van der Waals surface area (Å²) in [7, 11) is 0. The van der Waals surface area contributed by atoms with E-state index in [0.717, 1.165) is 24.3 Å². The van der Waals surface area contributed by atoms with Crippen molar-refractivity contribution in [2.24, 2.45) is 5.73 Å². The molecule has 0 fully saturated rings. The Hall–Kier alpha value is -2.00. The predicted octanol–water partition coefficient (Wildman–Crippen LogP) is 3.34. The molecule has 0 unspecified atom stereocenters.